The number of nitrogens with one attached hydrogen (secondary N) is 2. The Morgan fingerprint density at radius 2 is 1.89 bits per heavy atom. The number of nitro groups is 1. The van der Waals surface area contributed by atoms with Crippen molar-refractivity contribution in [1.29, 1.82) is 0 Å². The van der Waals surface area contributed by atoms with Gasteiger partial charge >= 0.3 is 0 Å². The van der Waals surface area contributed by atoms with Crippen molar-refractivity contribution in [1.82, 2.24) is 15.2 Å². The molecule has 0 bridgehead atoms. The number of thiocarbonyl (C=S) groups is 1. The zero-order valence-electron chi connectivity index (χ0n) is 18.9. The molecule has 0 radical (unpaired) electrons. The molecule has 1 aliphatic rings. The lowest BCUT2D eigenvalue weighted by molar-refractivity contribution is -0.384. The van der Waals surface area contributed by atoms with Gasteiger partial charge in [-0.3, -0.25) is 19.9 Å². The fourth-order valence-corrected chi connectivity index (χ4v) is 4.51. The van der Waals surface area contributed by atoms with Gasteiger partial charge in [-0.15, -0.1) is 0 Å². The van der Waals surface area contributed by atoms with E-state index in [-0.39, 0.29) is 24.2 Å². The zero-order valence-corrected chi connectivity index (χ0v) is 19.7. The Kier molecular flexibility index (Phi) is 6.42. The van der Waals surface area contributed by atoms with E-state index in [4.69, 9.17) is 16.6 Å². The van der Waals surface area contributed by atoms with Crippen LogP contribution in [0.5, 0.6) is 0 Å². The normalized spacial score (nSPS) is 17.0. The monoisotopic (exact) mass is 499 g/mol. The lowest BCUT2D eigenvalue weighted by Crippen LogP contribution is -2.36. The molecule has 2 atom stereocenters. The van der Waals surface area contributed by atoms with Gasteiger partial charge in [-0.05, 0) is 48.6 Å². The molecule has 1 aliphatic heterocycles. The summed E-state index contributed by atoms with van der Waals surface area (Å²) in [4.78, 5) is 29.9. The smallest absolute Gasteiger partial charge is 0.270 e. The number of pyridine rings is 1. The molecule has 36 heavy (non-hydrogen) atoms. The first-order valence-corrected chi connectivity index (χ1v) is 11.6. The van der Waals surface area contributed by atoms with Gasteiger partial charge in [-0.2, -0.15) is 0 Å². The summed E-state index contributed by atoms with van der Waals surface area (Å²) in [6.07, 6.45) is 1.69. The SMILES string of the molecule is O=C(CN1C(=S)N[C@H](c2ccccn2)[C@@H]1c1ccc(-c2cccc([N+](=O)[O-])c2)o1)Nc1ccccc1. The van der Waals surface area contributed by atoms with Gasteiger partial charge in [-0.25, -0.2) is 0 Å². The Bertz CT molecular complexity index is 1410. The molecular formula is C26H21N5O4S. The van der Waals surface area contributed by atoms with Crippen LogP contribution in [0, 0.1) is 10.1 Å². The molecule has 9 nitrogen and oxygen atoms in total. The number of hydrogen-bond donors (Lipinski definition) is 2. The Labute approximate surface area is 211 Å². The highest BCUT2D eigenvalue weighted by atomic mass is 32.1. The number of non-ortho nitro benzene ring substituents is 1. The first kappa shape index (κ1) is 23.2. The van der Waals surface area contributed by atoms with Crippen LogP contribution in [0.3, 0.4) is 0 Å². The molecule has 2 aromatic carbocycles. The average Bonchev–Trinajstić information content (AvgIpc) is 3.50. The summed E-state index contributed by atoms with van der Waals surface area (Å²) in [6, 6.07) is 23.7. The molecular weight excluding hydrogens is 478 g/mol. The van der Waals surface area contributed by atoms with Crippen molar-refractivity contribution < 1.29 is 14.1 Å². The van der Waals surface area contributed by atoms with E-state index >= 15 is 0 Å². The molecule has 1 amide bonds. The number of nitro benzene ring substituents is 1. The number of carbonyl (C=O) groups is 1. The second-order valence-electron chi connectivity index (χ2n) is 8.18. The van der Waals surface area contributed by atoms with E-state index in [0.29, 0.717) is 27.9 Å². The van der Waals surface area contributed by atoms with E-state index in [2.05, 4.69) is 15.6 Å². The van der Waals surface area contributed by atoms with Crippen LogP contribution >= 0.6 is 12.2 Å². The molecule has 5 rings (SSSR count). The number of nitrogens with zero attached hydrogens (tertiary/aromatic N) is 3. The molecule has 2 N–H and O–H groups in total. The number of furan rings is 1. The van der Waals surface area contributed by atoms with E-state index in [9.17, 15) is 14.9 Å². The van der Waals surface area contributed by atoms with E-state index in [1.807, 2.05) is 48.5 Å². The third-order valence-corrected chi connectivity index (χ3v) is 6.18. The van der Waals surface area contributed by atoms with Crippen molar-refractivity contribution in [2.45, 2.75) is 12.1 Å². The molecule has 10 heteroatoms. The Balaban J connectivity index is 1.47. The maximum atomic E-state index is 12.9. The fraction of sp³-hybridized carbons (Fsp3) is 0.115. The van der Waals surface area contributed by atoms with Crippen molar-refractivity contribution >= 4 is 34.6 Å². The second-order valence-corrected chi connectivity index (χ2v) is 8.56. The molecule has 1 saturated heterocycles. The number of carbonyl (C=O) groups excluding carboxylic acids is 1. The largest absolute Gasteiger partial charge is 0.459 e. The van der Waals surface area contributed by atoms with Gasteiger partial charge in [0.1, 0.15) is 24.1 Å². The summed E-state index contributed by atoms with van der Waals surface area (Å²) in [5.41, 5.74) is 1.97. The predicted octanol–water partition coefficient (Wildman–Crippen LogP) is 4.86. The summed E-state index contributed by atoms with van der Waals surface area (Å²) >= 11 is 5.61. The molecule has 0 spiro atoms. The highest BCUT2D eigenvalue weighted by Crippen LogP contribution is 2.40. The number of para-hydroxylation sites is 1. The number of anilines is 1. The van der Waals surface area contributed by atoms with Crippen LogP contribution in [0.2, 0.25) is 0 Å². The number of benzene rings is 2. The lowest BCUT2D eigenvalue weighted by atomic mass is 10.0. The molecule has 2 aromatic heterocycles. The Morgan fingerprint density at radius 1 is 1.08 bits per heavy atom. The zero-order chi connectivity index (χ0) is 25.1. The highest BCUT2D eigenvalue weighted by Gasteiger charge is 2.42. The van der Waals surface area contributed by atoms with Gasteiger partial charge in [0.05, 0.1) is 16.7 Å². The Hall–Kier alpha value is -4.57. The summed E-state index contributed by atoms with van der Waals surface area (Å²) in [6.45, 7) is -0.0123. The minimum atomic E-state index is -0.471. The van der Waals surface area contributed by atoms with Gasteiger partial charge in [0.15, 0.2) is 5.11 Å². The van der Waals surface area contributed by atoms with E-state index in [0.717, 1.165) is 5.69 Å². The molecule has 3 heterocycles. The molecule has 0 aliphatic carbocycles. The fourth-order valence-electron chi connectivity index (χ4n) is 4.20. The van der Waals surface area contributed by atoms with Gasteiger partial charge in [0.2, 0.25) is 5.91 Å². The van der Waals surface area contributed by atoms with Gasteiger partial charge in [0, 0.05) is 29.6 Å². The number of rotatable bonds is 7. The molecule has 0 saturated carbocycles. The average molecular weight is 500 g/mol. The third-order valence-electron chi connectivity index (χ3n) is 5.83. The molecule has 0 unspecified atom stereocenters. The standard InChI is InChI=1S/C26H21N5O4S/c32-23(28-18-8-2-1-3-9-18)16-30-25(24(29-26(30)36)20-11-4-5-14-27-20)22-13-12-21(35-22)17-7-6-10-19(15-17)31(33)34/h1-15,24-25H,16H2,(H,28,32)(H,29,36)/t24-,25+/m1/s1. The van der Waals surface area contributed by atoms with Crippen molar-refractivity contribution in [3.05, 3.63) is 113 Å². The number of hydrogen-bond acceptors (Lipinski definition) is 6. The topological polar surface area (TPSA) is 114 Å². The van der Waals surface area contributed by atoms with Gasteiger partial charge < -0.3 is 20.0 Å². The predicted molar refractivity (Wildman–Crippen MR) is 138 cm³/mol. The summed E-state index contributed by atoms with van der Waals surface area (Å²) in [7, 11) is 0. The molecule has 1 fully saturated rings. The van der Waals surface area contributed by atoms with E-state index in [1.165, 1.54) is 12.1 Å². The highest BCUT2D eigenvalue weighted by molar-refractivity contribution is 7.80. The first-order chi connectivity index (χ1) is 17.5. The second kappa shape index (κ2) is 9.96. The molecule has 180 valence electrons. The van der Waals surface area contributed by atoms with Crippen LogP contribution in [0.4, 0.5) is 11.4 Å². The maximum Gasteiger partial charge on any atom is 0.270 e. The van der Waals surface area contributed by atoms with Crippen LogP contribution in [-0.2, 0) is 4.79 Å². The quantitative estimate of drug-likeness (QED) is 0.211. The van der Waals surface area contributed by atoms with Crippen LogP contribution in [0.25, 0.3) is 11.3 Å². The van der Waals surface area contributed by atoms with Gasteiger partial charge in [0.25, 0.3) is 5.69 Å². The third kappa shape index (κ3) is 4.80. The van der Waals surface area contributed by atoms with Crippen molar-refractivity contribution in [3.63, 3.8) is 0 Å². The van der Waals surface area contributed by atoms with E-state index in [1.54, 1.807) is 35.4 Å². The number of amides is 1. The van der Waals surface area contributed by atoms with Crippen molar-refractivity contribution in [2.24, 2.45) is 0 Å². The van der Waals surface area contributed by atoms with Crippen LogP contribution in [0.15, 0.2) is 95.5 Å². The summed E-state index contributed by atoms with van der Waals surface area (Å²) in [5, 5.41) is 17.8. The molecule has 4 aromatic rings. The van der Waals surface area contributed by atoms with Crippen molar-refractivity contribution in [2.75, 3.05) is 11.9 Å². The lowest BCUT2D eigenvalue weighted by Gasteiger charge is -2.25. The van der Waals surface area contributed by atoms with Crippen LogP contribution in [0.1, 0.15) is 23.5 Å². The summed E-state index contributed by atoms with van der Waals surface area (Å²) < 4.78 is 6.20. The minimum absolute atomic E-state index is 0.0123. The van der Waals surface area contributed by atoms with Crippen LogP contribution in [-0.4, -0.2) is 32.4 Å². The number of aromatic nitrogens is 1. The van der Waals surface area contributed by atoms with E-state index < -0.39 is 11.0 Å². The first-order valence-electron chi connectivity index (χ1n) is 11.2. The van der Waals surface area contributed by atoms with Gasteiger partial charge in [-0.1, -0.05) is 36.4 Å². The van der Waals surface area contributed by atoms with Crippen LogP contribution < -0.4 is 10.6 Å². The minimum Gasteiger partial charge on any atom is -0.459 e. The van der Waals surface area contributed by atoms with Crippen molar-refractivity contribution in [3.8, 4) is 11.3 Å². The maximum absolute atomic E-state index is 12.9. The Morgan fingerprint density at radius 3 is 2.64 bits per heavy atom. The summed E-state index contributed by atoms with van der Waals surface area (Å²) in [5.74, 6) is 0.787.